The van der Waals surface area contributed by atoms with Crippen molar-refractivity contribution in [2.45, 2.75) is 6.04 Å². The van der Waals surface area contributed by atoms with Crippen molar-refractivity contribution in [3.63, 3.8) is 0 Å². The summed E-state index contributed by atoms with van der Waals surface area (Å²) in [5.41, 5.74) is 0. The summed E-state index contributed by atoms with van der Waals surface area (Å²) in [5.74, 6) is -2.01. The van der Waals surface area contributed by atoms with Crippen LogP contribution >= 0.6 is 11.6 Å². The van der Waals surface area contributed by atoms with Gasteiger partial charge in [-0.15, -0.1) is 11.6 Å². The van der Waals surface area contributed by atoms with Gasteiger partial charge in [0.2, 0.25) is 0 Å². The molecule has 0 bridgehead atoms. The number of carbonyl (C=O) groups is 2. The SMILES string of the molecule is CN[C@H](C(=O)O)C(=O)CCl. The van der Waals surface area contributed by atoms with Crippen molar-refractivity contribution in [2.24, 2.45) is 0 Å². The van der Waals surface area contributed by atoms with E-state index < -0.39 is 17.8 Å². The number of carbonyl (C=O) groups excluding carboxylic acids is 1. The average molecular weight is 166 g/mol. The van der Waals surface area contributed by atoms with E-state index in [1.54, 1.807) is 0 Å². The highest BCUT2D eigenvalue weighted by Gasteiger charge is 2.22. The third-order valence-corrected chi connectivity index (χ3v) is 1.25. The van der Waals surface area contributed by atoms with Crippen LogP contribution in [0.15, 0.2) is 0 Å². The van der Waals surface area contributed by atoms with Gasteiger partial charge in [-0.05, 0) is 7.05 Å². The summed E-state index contributed by atoms with van der Waals surface area (Å²) in [5, 5.41) is 10.7. The van der Waals surface area contributed by atoms with Crippen LogP contribution in [-0.2, 0) is 9.59 Å². The van der Waals surface area contributed by atoms with Crippen LogP contribution < -0.4 is 5.32 Å². The first-order valence-electron chi connectivity index (χ1n) is 2.62. The Morgan fingerprint density at radius 1 is 1.70 bits per heavy atom. The van der Waals surface area contributed by atoms with E-state index in [9.17, 15) is 9.59 Å². The molecule has 4 nitrogen and oxygen atoms in total. The normalized spacial score (nSPS) is 12.6. The molecule has 2 N–H and O–H groups in total. The van der Waals surface area contributed by atoms with E-state index in [1.807, 2.05) is 0 Å². The number of carboxylic acids is 1. The first-order chi connectivity index (χ1) is 4.63. The molecule has 0 fully saturated rings. The van der Waals surface area contributed by atoms with Gasteiger partial charge in [-0.2, -0.15) is 0 Å². The zero-order valence-electron chi connectivity index (χ0n) is 5.43. The van der Waals surface area contributed by atoms with Crippen LogP contribution in [-0.4, -0.2) is 35.8 Å². The molecule has 0 aliphatic rings. The molecule has 0 aromatic rings. The summed E-state index contributed by atoms with van der Waals surface area (Å²) in [6, 6.07) is -1.17. The third kappa shape index (κ3) is 2.33. The molecule has 0 radical (unpaired) electrons. The highest BCUT2D eigenvalue weighted by molar-refractivity contribution is 6.30. The summed E-state index contributed by atoms with van der Waals surface area (Å²) in [6.07, 6.45) is 0. The van der Waals surface area contributed by atoms with E-state index in [1.165, 1.54) is 7.05 Å². The smallest absolute Gasteiger partial charge is 0.328 e. The third-order valence-electron chi connectivity index (χ3n) is 0.989. The standard InChI is InChI=1S/C5H8ClNO3/c1-7-4(5(9)10)3(8)2-6/h4,7H,2H2,1H3,(H,9,10)/t4-/m0/s1. The number of nitrogens with one attached hydrogen (secondary N) is 1. The van der Waals surface area contributed by atoms with Crippen molar-refractivity contribution in [1.29, 1.82) is 0 Å². The Hall–Kier alpha value is -0.610. The molecule has 0 saturated carbocycles. The molecule has 0 saturated heterocycles. The van der Waals surface area contributed by atoms with Gasteiger partial charge in [0.25, 0.3) is 0 Å². The summed E-state index contributed by atoms with van der Waals surface area (Å²) in [7, 11) is 1.39. The maximum Gasteiger partial charge on any atom is 0.328 e. The molecule has 0 aliphatic heterocycles. The van der Waals surface area contributed by atoms with Crippen LogP contribution in [0.1, 0.15) is 0 Å². The maximum absolute atomic E-state index is 10.6. The Morgan fingerprint density at radius 2 is 2.20 bits per heavy atom. The minimum Gasteiger partial charge on any atom is -0.480 e. The first-order valence-corrected chi connectivity index (χ1v) is 3.15. The molecule has 0 spiro atoms. The Balaban J connectivity index is 4.06. The molecule has 0 rings (SSSR count). The van der Waals surface area contributed by atoms with Crippen LogP contribution in [0.25, 0.3) is 0 Å². The van der Waals surface area contributed by atoms with E-state index in [2.05, 4.69) is 5.32 Å². The zero-order valence-corrected chi connectivity index (χ0v) is 6.18. The number of hydrogen-bond acceptors (Lipinski definition) is 3. The number of ketones is 1. The Bertz CT molecular complexity index is 148. The number of alkyl halides is 1. The lowest BCUT2D eigenvalue weighted by molar-refractivity contribution is -0.142. The largest absolute Gasteiger partial charge is 0.480 e. The second-order valence-electron chi connectivity index (χ2n) is 1.66. The van der Waals surface area contributed by atoms with E-state index >= 15 is 0 Å². The Labute approximate surface area is 63.2 Å². The van der Waals surface area contributed by atoms with Crippen LogP contribution in [0.2, 0.25) is 0 Å². The summed E-state index contributed by atoms with van der Waals surface area (Å²) in [4.78, 5) is 20.8. The van der Waals surface area contributed by atoms with Gasteiger partial charge in [-0.25, -0.2) is 0 Å². The molecule has 1 atom stereocenters. The van der Waals surface area contributed by atoms with Crippen molar-refractivity contribution >= 4 is 23.4 Å². The molecule has 0 heterocycles. The predicted octanol–water partition coefficient (Wildman–Crippen LogP) is -0.533. The monoisotopic (exact) mass is 165 g/mol. The molecular weight excluding hydrogens is 158 g/mol. The number of hydrogen-bond donors (Lipinski definition) is 2. The quantitative estimate of drug-likeness (QED) is 0.434. The second kappa shape index (κ2) is 4.24. The highest BCUT2D eigenvalue weighted by atomic mass is 35.5. The first kappa shape index (κ1) is 9.39. The van der Waals surface area contributed by atoms with Gasteiger partial charge >= 0.3 is 5.97 Å². The number of aliphatic carboxylic acids is 1. The van der Waals surface area contributed by atoms with Crippen LogP contribution in [0.4, 0.5) is 0 Å². The molecule has 0 aromatic heterocycles. The average Bonchev–Trinajstić information content (AvgIpc) is 1.88. The fraction of sp³-hybridized carbons (Fsp3) is 0.600. The number of halogens is 1. The van der Waals surface area contributed by atoms with E-state index in [0.717, 1.165) is 0 Å². The van der Waals surface area contributed by atoms with E-state index in [-0.39, 0.29) is 5.88 Å². The van der Waals surface area contributed by atoms with Gasteiger partial charge in [0.05, 0.1) is 5.88 Å². The van der Waals surface area contributed by atoms with Crippen molar-refractivity contribution < 1.29 is 14.7 Å². The van der Waals surface area contributed by atoms with Crippen molar-refractivity contribution in [3.8, 4) is 0 Å². The number of Topliss-reactive ketones (excluding diaryl/α,β-unsaturated/α-hetero) is 1. The molecule has 0 aromatic carbocycles. The molecule has 10 heavy (non-hydrogen) atoms. The number of carboxylic acid groups (broad SMARTS) is 1. The lowest BCUT2D eigenvalue weighted by atomic mass is 10.2. The van der Waals surface area contributed by atoms with Gasteiger partial charge in [0.15, 0.2) is 11.8 Å². The number of likely N-dealkylation sites (N-methyl/N-ethyl adjacent to an activating group) is 1. The fourth-order valence-corrected chi connectivity index (χ4v) is 0.654. The fourth-order valence-electron chi connectivity index (χ4n) is 0.499. The lowest BCUT2D eigenvalue weighted by Crippen LogP contribution is -2.41. The van der Waals surface area contributed by atoms with Gasteiger partial charge in [-0.1, -0.05) is 0 Å². The summed E-state index contributed by atoms with van der Waals surface area (Å²) < 4.78 is 0. The van der Waals surface area contributed by atoms with Crippen LogP contribution in [0.5, 0.6) is 0 Å². The molecule has 5 heteroatoms. The zero-order chi connectivity index (χ0) is 8.15. The van der Waals surface area contributed by atoms with E-state index in [0.29, 0.717) is 0 Å². The summed E-state index contributed by atoms with van der Waals surface area (Å²) >= 11 is 5.12. The van der Waals surface area contributed by atoms with Crippen molar-refractivity contribution in [1.82, 2.24) is 5.32 Å². The highest BCUT2D eigenvalue weighted by Crippen LogP contribution is 1.88. The lowest BCUT2D eigenvalue weighted by Gasteiger charge is -2.05. The van der Waals surface area contributed by atoms with Crippen LogP contribution in [0, 0.1) is 0 Å². The predicted molar refractivity (Wildman–Crippen MR) is 36.2 cm³/mol. The van der Waals surface area contributed by atoms with Gasteiger partial charge < -0.3 is 10.4 Å². The summed E-state index contributed by atoms with van der Waals surface area (Å²) in [6.45, 7) is 0. The number of rotatable bonds is 4. The topological polar surface area (TPSA) is 66.4 Å². The molecule has 0 amide bonds. The van der Waals surface area contributed by atoms with Gasteiger partial charge in [0, 0.05) is 0 Å². The van der Waals surface area contributed by atoms with Crippen LogP contribution in [0.3, 0.4) is 0 Å². The minimum absolute atomic E-state index is 0.280. The molecular formula is C5H8ClNO3. The molecule has 0 aliphatic carbocycles. The Morgan fingerprint density at radius 3 is 2.30 bits per heavy atom. The van der Waals surface area contributed by atoms with Gasteiger partial charge in [-0.3, -0.25) is 9.59 Å². The maximum atomic E-state index is 10.6. The molecule has 58 valence electrons. The van der Waals surface area contributed by atoms with E-state index in [4.69, 9.17) is 16.7 Å². The molecule has 0 unspecified atom stereocenters. The minimum atomic E-state index is -1.20. The van der Waals surface area contributed by atoms with Crippen molar-refractivity contribution in [3.05, 3.63) is 0 Å². The second-order valence-corrected chi connectivity index (χ2v) is 1.93. The van der Waals surface area contributed by atoms with Crippen molar-refractivity contribution in [2.75, 3.05) is 12.9 Å². The van der Waals surface area contributed by atoms with Gasteiger partial charge in [0.1, 0.15) is 0 Å². The Kier molecular flexibility index (Phi) is 3.99.